The molecule has 0 aromatic heterocycles. The number of aliphatic imine (C=N–C) groups is 1. The van der Waals surface area contributed by atoms with Gasteiger partial charge in [0.25, 0.3) is 0 Å². The normalized spacial score (nSPS) is 16.4. The Morgan fingerprint density at radius 1 is 1.24 bits per heavy atom. The Morgan fingerprint density at radius 2 is 1.90 bits per heavy atom. The Morgan fingerprint density at radius 3 is 2.43 bits per heavy atom. The highest BCUT2D eigenvalue weighted by atomic mass is 19.4. The quantitative estimate of drug-likeness (QED) is 0.496. The predicted molar refractivity (Wildman–Crippen MR) is 76.5 cm³/mol. The van der Waals surface area contributed by atoms with Gasteiger partial charge in [0.2, 0.25) is 0 Å². The lowest BCUT2D eigenvalue weighted by molar-refractivity contribution is -0.132. The van der Waals surface area contributed by atoms with Crippen LogP contribution in [0.1, 0.15) is 19.3 Å². The second-order valence-electron chi connectivity index (χ2n) is 5.05. The van der Waals surface area contributed by atoms with Crippen LogP contribution in [0.5, 0.6) is 0 Å². The highest BCUT2D eigenvalue weighted by Crippen LogP contribution is 2.25. The molecule has 0 aliphatic heterocycles. The van der Waals surface area contributed by atoms with Crippen LogP contribution in [-0.2, 0) is 4.74 Å². The first kappa shape index (κ1) is 18.0. The first-order valence-electron chi connectivity index (χ1n) is 7.20. The molecule has 124 valence electrons. The van der Waals surface area contributed by atoms with Crippen LogP contribution in [0.4, 0.5) is 13.2 Å². The van der Waals surface area contributed by atoms with Gasteiger partial charge in [0.05, 0.1) is 13.0 Å². The molecule has 1 aliphatic carbocycles. The molecule has 1 aliphatic rings. The van der Waals surface area contributed by atoms with E-state index in [-0.39, 0.29) is 6.54 Å². The molecule has 0 spiro atoms. The number of ether oxygens (including phenoxy) is 1. The number of rotatable bonds is 9. The van der Waals surface area contributed by atoms with Gasteiger partial charge in [0.1, 0.15) is 0 Å². The monoisotopic (exact) mass is 310 g/mol. The maximum atomic E-state index is 12.1. The van der Waals surface area contributed by atoms with Gasteiger partial charge >= 0.3 is 6.18 Å². The Balaban J connectivity index is 2.18. The zero-order valence-electron chi connectivity index (χ0n) is 12.7. The standard InChI is InChI=1S/C13H25F3N4O/c1-17-12(18-6-5-13(14,15)16)19-7-8-20(9-10-21-2)11-3-4-11/h11H,3-10H2,1-2H3,(H2,17,18,19). The minimum absolute atomic E-state index is 0.167. The molecular formula is C13H25F3N4O. The van der Waals surface area contributed by atoms with Crippen molar-refractivity contribution in [3.8, 4) is 0 Å². The average molecular weight is 310 g/mol. The van der Waals surface area contributed by atoms with E-state index in [1.54, 1.807) is 14.2 Å². The van der Waals surface area contributed by atoms with E-state index in [1.165, 1.54) is 12.8 Å². The molecule has 2 N–H and O–H groups in total. The first-order chi connectivity index (χ1) is 9.96. The van der Waals surface area contributed by atoms with Crippen molar-refractivity contribution in [2.75, 3.05) is 46.9 Å². The highest BCUT2D eigenvalue weighted by molar-refractivity contribution is 5.79. The van der Waals surface area contributed by atoms with Crippen LogP contribution in [0, 0.1) is 0 Å². The van der Waals surface area contributed by atoms with Gasteiger partial charge in [0, 0.05) is 46.4 Å². The smallest absolute Gasteiger partial charge is 0.383 e. The van der Waals surface area contributed by atoms with E-state index < -0.39 is 12.6 Å². The molecule has 0 atom stereocenters. The number of nitrogens with one attached hydrogen (secondary N) is 2. The molecule has 1 rings (SSSR count). The predicted octanol–water partition coefficient (Wildman–Crippen LogP) is 1.21. The third kappa shape index (κ3) is 8.77. The summed E-state index contributed by atoms with van der Waals surface area (Å²) in [5, 5.41) is 5.70. The fourth-order valence-electron chi connectivity index (χ4n) is 1.99. The minimum Gasteiger partial charge on any atom is -0.383 e. The molecule has 21 heavy (non-hydrogen) atoms. The van der Waals surface area contributed by atoms with E-state index in [4.69, 9.17) is 4.74 Å². The summed E-state index contributed by atoms with van der Waals surface area (Å²) in [6.07, 6.45) is -2.59. The van der Waals surface area contributed by atoms with Gasteiger partial charge in [-0.05, 0) is 12.8 Å². The third-order valence-corrected chi connectivity index (χ3v) is 3.26. The van der Waals surface area contributed by atoms with Gasteiger partial charge in [0.15, 0.2) is 5.96 Å². The van der Waals surface area contributed by atoms with Gasteiger partial charge in [-0.3, -0.25) is 9.89 Å². The summed E-state index contributed by atoms with van der Waals surface area (Å²) in [5.41, 5.74) is 0. The van der Waals surface area contributed by atoms with Crippen molar-refractivity contribution in [1.29, 1.82) is 0 Å². The summed E-state index contributed by atoms with van der Waals surface area (Å²) in [7, 11) is 3.22. The molecule has 5 nitrogen and oxygen atoms in total. The van der Waals surface area contributed by atoms with Crippen molar-refractivity contribution < 1.29 is 17.9 Å². The van der Waals surface area contributed by atoms with Gasteiger partial charge < -0.3 is 15.4 Å². The summed E-state index contributed by atoms with van der Waals surface area (Å²) < 4.78 is 41.3. The number of alkyl halides is 3. The number of nitrogens with zero attached hydrogens (tertiary/aromatic N) is 2. The first-order valence-corrected chi connectivity index (χ1v) is 7.20. The summed E-state index contributed by atoms with van der Waals surface area (Å²) in [6.45, 7) is 2.87. The maximum Gasteiger partial charge on any atom is 0.390 e. The molecule has 1 fully saturated rings. The van der Waals surface area contributed by atoms with Crippen LogP contribution in [0.25, 0.3) is 0 Å². The van der Waals surface area contributed by atoms with E-state index >= 15 is 0 Å². The summed E-state index contributed by atoms with van der Waals surface area (Å²) in [6, 6.07) is 0.627. The van der Waals surface area contributed by atoms with Crippen LogP contribution in [0.3, 0.4) is 0 Å². The average Bonchev–Trinajstić information content (AvgIpc) is 3.23. The van der Waals surface area contributed by atoms with E-state index in [2.05, 4.69) is 20.5 Å². The zero-order chi connectivity index (χ0) is 15.7. The molecule has 0 bridgehead atoms. The van der Waals surface area contributed by atoms with Crippen LogP contribution >= 0.6 is 0 Å². The lowest BCUT2D eigenvalue weighted by Gasteiger charge is -2.22. The van der Waals surface area contributed by atoms with E-state index in [1.807, 2.05) is 0 Å². The van der Waals surface area contributed by atoms with Crippen molar-refractivity contribution in [3.63, 3.8) is 0 Å². The van der Waals surface area contributed by atoms with Crippen LogP contribution in [-0.4, -0.2) is 70.0 Å². The molecule has 0 aromatic carbocycles. The van der Waals surface area contributed by atoms with E-state index in [9.17, 15) is 13.2 Å². The summed E-state index contributed by atoms with van der Waals surface area (Å²) >= 11 is 0. The molecule has 0 amide bonds. The highest BCUT2D eigenvalue weighted by Gasteiger charge is 2.28. The van der Waals surface area contributed by atoms with E-state index in [0.717, 1.165) is 13.1 Å². The lowest BCUT2D eigenvalue weighted by Crippen LogP contribution is -2.43. The molecular weight excluding hydrogens is 285 g/mol. The second-order valence-corrected chi connectivity index (χ2v) is 5.05. The number of guanidine groups is 1. The Labute approximate surface area is 123 Å². The topological polar surface area (TPSA) is 48.9 Å². The van der Waals surface area contributed by atoms with E-state index in [0.29, 0.717) is 25.2 Å². The van der Waals surface area contributed by atoms with Crippen LogP contribution in [0.2, 0.25) is 0 Å². The van der Waals surface area contributed by atoms with Crippen LogP contribution in [0.15, 0.2) is 4.99 Å². The number of halogens is 3. The SMILES string of the molecule is CN=C(NCCN(CCOC)C1CC1)NCCC(F)(F)F. The van der Waals surface area contributed by atoms with Crippen molar-refractivity contribution in [2.45, 2.75) is 31.5 Å². The molecule has 8 heteroatoms. The van der Waals surface area contributed by atoms with Gasteiger partial charge in [-0.2, -0.15) is 13.2 Å². The minimum atomic E-state index is -4.14. The third-order valence-electron chi connectivity index (χ3n) is 3.26. The van der Waals surface area contributed by atoms with Crippen molar-refractivity contribution in [2.24, 2.45) is 4.99 Å². The zero-order valence-corrected chi connectivity index (χ0v) is 12.7. The number of hydrogen-bond donors (Lipinski definition) is 2. The molecule has 0 unspecified atom stereocenters. The van der Waals surface area contributed by atoms with Gasteiger partial charge in [-0.15, -0.1) is 0 Å². The maximum absolute atomic E-state index is 12.1. The van der Waals surface area contributed by atoms with Crippen LogP contribution < -0.4 is 10.6 Å². The fraction of sp³-hybridized carbons (Fsp3) is 0.923. The van der Waals surface area contributed by atoms with Crippen molar-refractivity contribution in [1.82, 2.24) is 15.5 Å². The second kappa shape index (κ2) is 9.09. The Bertz CT molecular complexity index is 319. The fourth-order valence-corrected chi connectivity index (χ4v) is 1.99. The number of hydrogen-bond acceptors (Lipinski definition) is 3. The molecule has 0 aromatic rings. The lowest BCUT2D eigenvalue weighted by atomic mass is 10.4. The Kier molecular flexibility index (Phi) is 7.81. The largest absolute Gasteiger partial charge is 0.390 e. The van der Waals surface area contributed by atoms with Crippen molar-refractivity contribution >= 4 is 5.96 Å². The summed E-state index contributed by atoms with van der Waals surface area (Å²) in [5.74, 6) is 0.404. The molecule has 0 saturated heterocycles. The Hall–Kier alpha value is -1.02. The summed E-state index contributed by atoms with van der Waals surface area (Å²) in [4.78, 5) is 6.24. The molecule has 0 heterocycles. The van der Waals surface area contributed by atoms with Gasteiger partial charge in [-0.25, -0.2) is 0 Å². The van der Waals surface area contributed by atoms with Gasteiger partial charge in [-0.1, -0.05) is 0 Å². The molecule has 0 radical (unpaired) electrons. The molecule has 1 saturated carbocycles. The van der Waals surface area contributed by atoms with Crippen molar-refractivity contribution in [3.05, 3.63) is 0 Å². The number of methoxy groups -OCH3 is 1.